The van der Waals surface area contributed by atoms with Crippen molar-refractivity contribution < 1.29 is 9.53 Å². The number of hydrogen-bond donors (Lipinski definition) is 0. The molecule has 0 N–H and O–H groups in total. The summed E-state index contributed by atoms with van der Waals surface area (Å²) in [6.07, 6.45) is 1.56. The fourth-order valence-corrected chi connectivity index (χ4v) is 1.43. The number of benzene rings is 1. The Morgan fingerprint density at radius 1 is 1.29 bits per heavy atom. The van der Waals surface area contributed by atoms with E-state index in [1.54, 1.807) is 42.6 Å². The molecule has 86 valence electrons. The van der Waals surface area contributed by atoms with E-state index in [9.17, 15) is 4.79 Å². The van der Waals surface area contributed by atoms with Crippen molar-refractivity contribution in [1.82, 2.24) is 10.2 Å². The number of alkyl halides is 1. The molecule has 1 aromatic carbocycles. The second-order valence-electron chi connectivity index (χ2n) is 3.25. The quantitative estimate of drug-likeness (QED) is 0.617. The smallest absolute Gasteiger partial charge is 0.238 e. The van der Waals surface area contributed by atoms with Gasteiger partial charge in [0, 0.05) is 17.8 Å². The Morgan fingerprint density at radius 2 is 2.18 bits per heavy atom. The number of carbonyl (C=O) groups excluding carboxylic acids is 1. The van der Waals surface area contributed by atoms with E-state index in [0.717, 1.165) is 0 Å². The first-order chi connectivity index (χ1) is 8.29. The standard InChI is InChI=1S/C12H9ClN2O2/c13-8-11(16)9-3-1-4-10(7-9)17-12-5-2-6-14-15-12/h1-7H,8H2. The van der Waals surface area contributed by atoms with E-state index in [-0.39, 0.29) is 11.7 Å². The summed E-state index contributed by atoms with van der Waals surface area (Å²) in [7, 11) is 0. The summed E-state index contributed by atoms with van der Waals surface area (Å²) < 4.78 is 5.44. The summed E-state index contributed by atoms with van der Waals surface area (Å²) in [5.41, 5.74) is 0.515. The number of ether oxygens (including phenoxy) is 1. The van der Waals surface area contributed by atoms with Gasteiger partial charge in [-0.25, -0.2) is 0 Å². The van der Waals surface area contributed by atoms with Gasteiger partial charge < -0.3 is 4.74 Å². The molecule has 0 aliphatic rings. The lowest BCUT2D eigenvalue weighted by Gasteiger charge is -2.04. The third kappa shape index (κ3) is 3.01. The monoisotopic (exact) mass is 248 g/mol. The van der Waals surface area contributed by atoms with E-state index in [0.29, 0.717) is 17.2 Å². The second-order valence-corrected chi connectivity index (χ2v) is 3.52. The summed E-state index contributed by atoms with van der Waals surface area (Å²) in [5, 5.41) is 7.48. The number of halogens is 1. The largest absolute Gasteiger partial charge is 0.438 e. The van der Waals surface area contributed by atoms with Crippen LogP contribution >= 0.6 is 11.6 Å². The van der Waals surface area contributed by atoms with E-state index in [1.165, 1.54) is 0 Å². The first-order valence-corrected chi connectivity index (χ1v) is 5.48. The van der Waals surface area contributed by atoms with Gasteiger partial charge in [-0.05, 0) is 18.2 Å². The van der Waals surface area contributed by atoms with Crippen LogP contribution in [0.3, 0.4) is 0 Å². The highest BCUT2D eigenvalue weighted by Gasteiger charge is 2.06. The molecule has 0 amide bonds. The van der Waals surface area contributed by atoms with Crippen molar-refractivity contribution in [3.05, 3.63) is 48.2 Å². The minimum atomic E-state index is -0.142. The molecule has 0 aliphatic carbocycles. The van der Waals surface area contributed by atoms with Crippen LogP contribution in [0.15, 0.2) is 42.6 Å². The topological polar surface area (TPSA) is 52.1 Å². The molecule has 1 heterocycles. The third-order valence-corrected chi connectivity index (χ3v) is 2.29. The molecular weight excluding hydrogens is 240 g/mol. The number of nitrogens with zero attached hydrogens (tertiary/aromatic N) is 2. The van der Waals surface area contributed by atoms with Gasteiger partial charge in [-0.1, -0.05) is 12.1 Å². The van der Waals surface area contributed by atoms with Crippen LogP contribution < -0.4 is 4.74 Å². The van der Waals surface area contributed by atoms with Gasteiger partial charge in [-0.2, -0.15) is 5.10 Å². The molecule has 5 heteroatoms. The number of ketones is 1. The van der Waals surface area contributed by atoms with Crippen LogP contribution in [-0.4, -0.2) is 21.9 Å². The Labute approximate surface area is 103 Å². The number of rotatable bonds is 4. The molecule has 0 spiro atoms. The molecule has 0 aliphatic heterocycles. The number of Topliss-reactive ketones (excluding diaryl/α,β-unsaturated/α-hetero) is 1. The predicted molar refractivity (Wildman–Crippen MR) is 63.6 cm³/mol. The lowest BCUT2D eigenvalue weighted by Crippen LogP contribution is -2.00. The molecule has 2 aromatic rings. The molecule has 17 heavy (non-hydrogen) atoms. The highest BCUT2D eigenvalue weighted by molar-refractivity contribution is 6.30. The molecule has 4 nitrogen and oxygen atoms in total. The number of aromatic nitrogens is 2. The minimum absolute atomic E-state index is 0.0470. The average Bonchev–Trinajstić information content (AvgIpc) is 2.39. The Bertz CT molecular complexity index is 517. The van der Waals surface area contributed by atoms with Gasteiger partial charge in [0.25, 0.3) is 0 Å². The van der Waals surface area contributed by atoms with Crippen LogP contribution in [0.2, 0.25) is 0 Å². The van der Waals surface area contributed by atoms with Crippen LogP contribution in [0.5, 0.6) is 11.6 Å². The molecule has 0 saturated heterocycles. The third-order valence-electron chi connectivity index (χ3n) is 2.05. The van der Waals surface area contributed by atoms with Crippen LogP contribution in [0.25, 0.3) is 0 Å². The fraction of sp³-hybridized carbons (Fsp3) is 0.0833. The molecule has 0 bridgehead atoms. The maximum absolute atomic E-state index is 11.4. The van der Waals surface area contributed by atoms with Gasteiger partial charge in [0.2, 0.25) is 5.88 Å². The summed E-state index contributed by atoms with van der Waals surface area (Å²) in [6, 6.07) is 10.2. The van der Waals surface area contributed by atoms with E-state index < -0.39 is 0 Å². The first kappa shape index (κ1) is 11.5. The van der Waals surface area contributed by atoms with Crippen molar-refractivity contribution in [3.63, 3.8) is 0 Å². The second kappa shape index (κ2) is 5.41. The van der Waals surface area contributed by atoms with Crippen molar-refractivity contribution in [2.24, 2.45) is 0 Å². The maximum atomic E-state index is 11.4. The zero-order valence-electron chi connectivity index (χ0n) is 8.84. The van der Waals surface area contributed by atoms with Crippen molar-refractivity contribution >= 4 is 17.4 Å². The fourth-order valence-electron chi connectivity index (χ4n) is 1.27. The van der Waals surface area contributed by atoms with Crippen molar-refractivity contribution in [1.29, 1.82) is 0 Å². The highest BCUT2D eigenvalue weighted by Crippen LogP contribution is 2.19. The zero-order chi connectivity index (χ0) is 12.1. The lowest BCUT2D eigenvalue weighted by atomic mass is 10.1. The van der Waals surface area contributed by atoms with Crippen molar-refractivity contribution in [2.45, 2.75) is 0 Å². The Balaban J connectivity index is 2.20. The first-order valence-electron chi connectivity index (χ1n) is 4.94. The minimum Gasteiger partial charge on any atom is -0.438 e. The van der Waals surface area contributed by atoms with E-state index in [4.69, 9.17) is 16.3 Å². The summed E-state index contributed by atoms with van der Waals surface area (Å²) >= 11 is 5.49. The highest BCUT2D eigenvalue weighted by atomic mass is 35.5. The van der Waals surface area contributed by atoms with Crippen molar-refractivity contribution in [2.75, 3.05) is 5.88 Å². The molecule has 1 aromatic heterocycles. The normalized spacial score (nSPS) is 9.94. The van der Waals surface area contributed by atoms with Crippen LogP contribution in [0.1, 0.15) is 10.4 Å². The predicted octanol–water partition coefficient (Wildman–Crippen LogP) is 2.69. The van der Waals surface area contributed by atoms with Crippen molar-refractivity contribution in [3.8, 4) is 11.6 Å². The van der Waals surface area contributed by atoms with Crippen LogP contribution in [0, 0.1) is 0 Å². The van der Waals surface area contributed by atoms with E-state index in [1.807, 2.05) is 0 Å². The van der Waals surface area contributed by atoms with Crippen LogP contribution in [0.4, 0.5) is 0 Å². The molecule has 0 saturated carbocycles. The number of hydrogen-bond acceptors (Lipinski definition) is 4. The summed E-state index contributed by atoms with van der Waals surface area (Å²) in [6.45, 7) is 0. The van der Waals surface area contributed by atoms with Gasteiger partial charge in [0.15, 0.2) is 5.78 Å². The molecular formula is C12H9ClN2O2. The Morgan fingerprint density at radius 3 is 2.88 bits per heavy atom. The van der Waals surface area contributed by atoms with E-state index >= 15 is 0 Å². The van der Waals surface area contributed by atoms with Gasteiger partial charge in [-0.15, -0.1) is 16.7 Å². The molecule has 2 rings (SSSR count). The molecule has 0 fully saturated rings. The van der Waals surface area contributed by atoms with Crippen LogP contribution in [-0.2, 0) is 0 Å². The van der Waals surface area contributed by atoms with E-state index in [2.05, 4.69) is 10.2 Å². The SMILES string of the molecule is O=C(CCl)c1cccc(Oc2cccnn2)c1. The molecule has 0 radical (unpaired) electrons. The summed E-state index contributed by atoms with van der Waals surface area (Å²) in [4.78, 5) is 11.4. The Hall–Kier alpha value is -1.94. The zero-order valence-corrected chi connectivity index (χ0v) is 9.59. The lowest BCUT2D eigenvalue weighted by molar-refractivity contribution is 0.102. The Kier molecular flexibility index (Phi) is 3.67. The molecule has 0 atom stereocenters. The number of carbonyl (C=O) groups is 1. The van der Waals surface area contributed by atoms with Gasteiger partial charge in [0.05, 0.1) is 5.88 Å². The van der Waals surface area contributed by atoms with Gasteiger partial charge in [-0.3, -0.25) is 4.79 Å². The van der Waals surface area contributed by atoms with Gasteiger partial charge in [0.1, 0.15) is 5.75 Å². The average molecular weight is 249 g/mol. The summed E-state index contributed by atoms with van der Waals surface area (Å²) in [5.74, 6) is 0.718. The molecule has 0 unspecified atom stereocenters. The van der Waals surface area contributed by atoms with Gasteiger partial charge >= 0.3 is 0 Å². The maximum Gasteiger partial charge on any atom is 0.238 e.